The molecule has 0 bridgehead atoms. The van der Waals surface area contributed by atoms with Crippen LogP contribution >= 0.6 is 11.6 Å². The number of halogens is 1. The number of aryl methyl sites for hydroxylation is 2. The number of amides is 1. The fourth-order valence-electron chi connectivity index (χ4n) is 3.46. The van der Waals surface area contributed by atoms with Crippen molar-refractivity contribution in [3.05, 3.63) is 76.8 Å². The molecule has 0 unspecified atom stereocenters. The third-order valence-corrected chi connectivity index (χ3v) is 6.49. The molecule has 0 spiro atoms. The van der Waals surface area contributed by atoms with E-state index in [0.717, 1.165) is 27.6 Å². The van der Waals surface area contributed by atoms with E-state index in [2.05, 4.69) is 10.3 Å². The number of nitrogens with one attached hydrogen (secondary N) is 1. The van der Waals surface area contributed by atoms with Crippen LogP contribution in [0.4, 0.5) is 5.69 Å². The molecule has 3 aromatic rings. The molecule has 3 rings (SSSR count). The summed E-state index contributed by atoms with van der Waals surface area (Å²) in [6.07, 6.45) is 4.64. The number of anilines is 1. The fourth-order valence-corrected chi connectivity index (χ4v) is 4.85. The standard InChI is InChI=1S/C22H25ClN4O3S/c1-15-9-10-19(23)13-21(15)27(31(4,29)30)16(2)22(28)25-14-18-7-5-6-8-20(18)26-12-11-24-17(26)3/h5-13,16H,14H2,1-4H3,(H,25,28)/t16-/m1/s1. The van der Waals surface area contributed by atoms with Gasteiger partial charge >= 0.3 is 0 Å². The maximum absolute atomic E-state index is 13.0. The van der Waals surface area contributed by atoms with E-state index in [1.807, 2.05) is 42.0 Å². The lowest BCUT2D eigenvalue weighted by atomic mass is 10.1. The van der Waals surface area contributed by atoms with Crippen LogP contribution in [0.2, 0.25) is 5.02 Å². The summed E-state index contributed by atoms with van der Waals surface area (Å²) < 4.78 is 28.2. The van der Waals surface area contributed by atoms with Crippen LogP contribution in [-0.2, 0) is 21.4 Å². The monoisotopic (exact) mass is 460 g/mol. The van der Waals surface area contributed by atoms with E-state index in [0.29, 0.717) is 16.3 Å². The average molecular weight is 461 g/mol. The van der Waals surface area contributed by atoms with Gasteiger partial charge in [-0.1, -0.05) is 35.9 Å². The lowest BCUT2D eigenvalue weighted by Crippen LogP contribution is -2.48. The highest BCUT2D eigenvalue weighted by Gasteiger charge is 2.30. The van der Waals surface area contributed by atoms with Gasteiger partial charge in [-0.05, 0) is 50.1 Å². The van der Waals surface area contributed by atoms with Crippen LogP contribution in [0, 0.1) is 13.8 Å². The van der Waals surface area contributed by atoms with E-state index >= 15 is 0 Å². The Morgan fingerprint density at radius 3 is 2.58 bits per heavy atom. The molecular formula is C22H25ClN4O3S. The molecule has 0 aliphatic heterocycles. The average Bonchev–Trinajstić information content (AvgIpc) is 3.13. The third-order valence-electron chi connectivity index (χ3n) is 5.03. The Kier molecular flexibility index (Phi) is 6.71. The van der Waals surface area contributed by atoms with Crippen molar-refractivity contribution in [2.45, 2.75) is 33.4 Å². The molecule has 0 aliphatic carbocycles. The minimum Gasteiger partial charge on any atom is -0.350 e. The zero-order valence-corrected chi connectivity index (χ0v) is 19.4. The van der Waals surface area contributed by atoms with Crippen molar-refractivity contribution in [1.82, 2.24) is 14.9 Å². The number of aromatic nitrogens is 2. The summed E-state index contributed by atoms with van der Waals surface area (Å²) in [5.74, 6) is 0.411. The molecule has 9 heteroatoms. The van der Waals surface area contributed by atoms with Gasteiger partial charge in [0.05, 0.1) is 17.6 Å². The Morgan fingerprint density at radius 1 is 1.23 bits per heavy atom. The highest BCUT2D eigenvalue weighted by molar-refractivity contribution is 7.92. The normalized spacial score (nSPS) is 12.4. The largest absolute Gasteiger partial charge is 0.350 e. The summed E-state index contributed by atoms with van der Waals surface area (Å²) in [6, 6.07) is 11.7. The zero-order valence-electron chi connectivity index (χ0n) is 17.8. The van der Waals surface area contributed by atoms with Gasteiger partial charge in [-0.2, -0.15) is 0 Å². The number of hydrogen-bond acceptors (Lipinski definition) is 4. The number of carbonyl (C=O) groups is 1. The van der Waals surface area contributed by atoms with Crippen molar-refractivity contribution >= 4 is 33.2 Å². The molecular weight excluding hydrogens is 436 g/mol. The maximum Gasteiger partial charge on any atom is 0.243 e. The van der Waals surface area contributed by atoms with Gasteiger partial charge in [0.1, 0.15) is 11.9 Å². The SMILES string of the molecule is Cc1ccc(Cl)cc1N([C@H](C)C(=O)NCc1ccccc1-n1ccnc1C)S(C)(=O)=O. The van der Waals surface area contributed by atoms with Crippen LogP contribution in [0.15, 0.2) is 54.9 Å². The second-order valence-electron chi connectivity index (χ2n) is 7.36. The Morgan fingerprint density at radius 2 is 1.94 bits per heavy atom. The Hall–Kier alpha value is -2.84. The van der Waals surface area contributed by atoms with E-state index in [1.54, 1.807) is 38.2 Å². The predicted molar refractivity (Wildman–Crippen MR) is 123 cm³/mol. The Balaban J connectivity index is 1.85. The highest BCUT2D eigenvalue weighted by Crippen LogP contribution is 2.28. The molecule has 1 N–H and O–H groups in total. The zero-order chi connectivity index (χ0) is 22.8. The molecule has 0 saturated carbocycles. The first-order valence-electron chi connectivity index (χ1n) is 9.71. The summed E-state index contributed by atoms with van der Waals surface area (Å²) >= 11 is 6.09. The lowest BCUT2D eigenvalue weighted by molar-refractivity contribution is -0.122. The van der Waals surface area contributed by atoms with Crippen molar-refractivity contribution in [3.8, 4) is 5.69 Å². The van der Waals surface area contributed by atoms with Gasteiger partial charge < -0.3 is 9.88 Å². The molecule has 1 aromatic heterocycles. The van der Waals surface area contributed by atoms with Crippen molar-refractivity contribution in [1.29, 1.82) is 0 Å². The van der Waals surface area contributed by atoms with E-state index < -0.39 is 22.0 Å². The first-order chi connectivity index (χ1) is 14.6. The lowest BCUT2D eigenvalue weighted by Gasteiger charge is -2.29. The van der Waals surface area contributed by atoms with E-state index in [4.69, 9.17) is 11.6 Å². The molecule has 31 heavy (non-hydrogen) atoms. The summed E-state index contributed by atoms with van der Waals surface area (Å²) in [7, 11) is -3.73. The van der Waals surface area contributed by atoms with Crippen molar-refractivity contribution in [3.63, 3.8) is 0 Å². The second kappa shape index (κ2) is 9.11. The molecule has 1 heterocycles. The van der Waals surface area contributed by atoms with Gasteiger partial charge in [-0.3, -0.25) is 9.10 Å². The number of para-hydroxylation sites is 1. The van der Waals surface area contributed by atoms with Crippen molar-refractivity contribution < 1.29 is 13.2 Å². The second-order valence-corrected chi connectivity index (χ2v) is 9.65. The fraction of sp³-hybridized carbons (Fsp3) is 0.273. The molecule has 0 saturated heterocycles. The number of hydrogen-bond donors (Lipinski definition) is 1. The summed E-state index contributed by atoms with van der Waals surface area (Å²) in [5.41, 5.74) is 2.87. The van der Waals surface area contributed by atoms with Gasteiger partial charge in [-0.15, -0.1) is 0 Å². The van der Waals surface area contributed by atoms with Crippen LogP contribution in [0.3, 0.4) is 0 Å². The number of rotatable bonds is 7. The van der Waals surface area contributed by atoms with Gasteiger partial charge in [0.2, 0.25) is 15.9 Å². The maximum atomic E-state index is 13.0. The number of benzene rings is 2. The summed E-state index contributed by atoms with van der Waals surface area (Å²) in [4.78, 5) is 17.2. The van der Waals surface area contributed by atoms with Crippen LogP contribution in [0.5, 0.6) is 0 Å². The Bertz CT molecular complexity index is 1210. The van der Waals surface area contributed by atoms with Crippen molar-refractivity contribution in [2.24, 2.45) is 0 Å². The summed E-state index contributed by atoms with van der Waals surface area (Å²) in [5, 5.41) is 3.26. The van der Waals surface area contributed by atoms with Gasteiger partial charge in [-0.25, -0.2) is 13.4 Å². The molecule has 1 atom stereocenters. The molecule has 0 fully saturated rings. The van der Waals surface area contributed by atoms with Gasteiger partial charge in [0.15, 0.2) is 0 Å². The molecule has 164 valence electrons. The van der Waals surface area contributed by atoms with E-state index in [9.17, 15) is 13.2 Å². The topological polar surface area (TPSA) is 84.3 Å². The third kappa shape index (κ3) is 5.08. The smallest absolute Gasteiger partial charge is 0.243 e. The van der Waals surface area contributed by atoms with Crippen LogP contribution in [0.1, 0.15) is 23.9 Å². The van der Waals surface area contributed by atoms with Crippen LogP contribution in [0.25, 0.3) is 5.69 Å². The molecule has 0 radical (unpaired) electrons. The van der Waals surface area contributed by atoms with E-state index in [1.165, 1.54) is 0 Å². The molecule has 7 nitrogen and oxygen atoms in total. The molecule has 0 aliphatic rings. The first kappa shape index (κ1) is 22.8. The van der Waals surface area contributed by atoms with Crippen LogP contribution in [-0.4, -0.2) is 36.2 Å². The Labute approximate surface area is 187 Å². The minimum absolute atomic E-state index is 0.239. The van der Waals surface area contributed by atoms with Gasteiger partial charge in [0.25, 0.3) is 0 Å². The first-order valence-corrected chi connectivity index (χ1v) is 11.9. The molecule has 2 aromatic carbocycles. The predicted octanol–water partition coefficient (Wildman–Crippen LogP) is 3.61. The quantitative estimate of drug-likeness (QED) is 0.583. The van der Waals surface area contributed by atoms with Gasteiger partial charge in [0, 0.05) is 24.0 Å². The summed E-state index contributed by atoms with van der Waals surface area (Å²) in [6.45, 7) is 5.47. The van der Waals surface area contributed by atoms with Crippen LogP contribution < -0.4 is 9.62 Å². The number of carbonyl (C=O) groups excluding carboxylic acids is 1. The van der Waals surface area contributed by atoms with Crippen molar-refractivity contribution in [2.75, 3.05) is 10.6 Å². The molecule has 1 amide bonds. The van der Waals surface area contributed by atoms with E-state index in [-0.39, 0.29) is 6.54 Å². The minimum atomic E-state index is -3.73. The number of nitrogens with zero attached hydrogens (tertiary/aromatic N) is 3. The number of sulfonamides is 1. The number of imidazole rings is 1. The highest BCUT2D eigenvalue weighted by atomic mass is 35.5.